The van der Waals surface area contributed by atoms with Crippen LogP contribution in [0.4, 0.5) is 5.82 Å². The highest BCUT2D eigenvalue weighted by Crippen LogP contribution is 2.18. The van der Waals surface area contributed by atoms with Crippen LogP contribution in [0.15, 0.2) is 0 Å². The lowest BCUT2D eigenvalue weighted by molar-refractivity contribution is 0.0820. The van der Waals surface area contributed by atoms with E-state index in [2.05, 4.69) is 18.9 Å². The van der Waals surface area contributed by atoms with Crippen LogP contribution in [0.2, 0.25) is 0 Å². The highest BCUT2D eigenvalue weighted by molar-refractivity contribution is 5.42. The van der Waals surface area contributed by atoms with Crippen LogP contribution in [0.5, 0.6) is 0 Å². The van der Waals surface area contributed by atoms with Crippen LogP contribution in [0.3, 0.4) is 0 Å². The van der Waals surface area contributed by atoms with E-state index in [0.29, 0.717) is 18.3 Å². The molecule has 1 aromatic heterocycles. The van der Waals surface area contributed by atoms with Gasteiger partial charge in [-0.05, 0) is 19.3 Å². The molecule has 4 nitrogen and oxygen atoms in total. The Morgan fingerprint density at radius 2 is 2.11 bits per heavy atom. The minimum atomic E-state index is 0.578. The average Bonchev–Trinajstić information content (AvgIpc) is 2.59. The Balaban J connectivity index is 2.40. The molecule has 18 heavy (non-hydrogen) atoms. The maximum absolute atomic E-state index is 5.95. The van der Waals surface area contributed by atoms with Gasteiger partial charge in [-0.2, -0.15) is 5.10 Å². The van der Waals surface area contributed by atoms with Crippen LogP contribution in [0.25, 0.3) is 0 Å². The van der Waals surface area contributed by atoms with Gasteiger partial charge in [0.25, 0.3) is 0 Å². The van der Waals surface area contributed by atoms with Gasteiger partial charge in [0, 0.05) is 19.2 Å². The monoisotopic (exact) mass is 253 g/mol. The molecule has 0 aliphatic rings. The van der Waals surface area contributed by atoms with Crippen molar-refractivity contribution in [1.29, 1.82) is 0 Å². The molecule has 0 spiro atoms. The van der Waals surface area contributed by atoms with Crippen LogP contribution in [-0.4, -0.2) is 16.4 Å². The van der Waals surface area contributed by atoms with Crippen molar-refractivity contribution in [3.05, 3.63) is 11.3 Å². The van der Waals surface area contributed by atoms with Gasteiger partial charge in [0.05, 0.1) is 12.3 Å². The van der Waals surface area contributed by atoms with E-state index in [1.165, 1.54) is 25.7 Å². The average molecular weight is 253 g/mol. The second-order valence-electron chi connectivity index (χ2n) is 5.00. The number of hydrogen-bond acceptors (Lipinski definition) is 3. The Morgan fingerprint density at radius 1 is 1.39 bits per heavy atom. The van der Waals surface area contributed by atoms with Crippen molar-refractivity contribution in [3.8, 4) is 0 Å². The zero-order chi connectivity index (χ0) is 13.5. The second kappa shape index (κ2) is 7.41. The second-order valence-corrected chi connectivity index (χ2v) is 5.00. The van der Waals surface area contributed by atoms with Gasteiger partial charge in [0.1, 0.15) is 5.82 Å². The third kappa shape index (κ3) is 4.02. The molecule has 4 heteroatoms. The minimum Gasteiger partial charge on any atom is -0.384 e. The van der Waals surface area contributed by atoms with Crippen LogP contribution in [0.1, 0.15) is 50.8 Å². The van der Waals surface area contributed by atoms with Crippen LogP contribution in [0, 0.1) is 12.8 Å². The van der Waals surface area contributed by atoms with Gasteiger partial charge < -0.3 is 10.5 Å². The molecule has 1 heterocycles. The van der Waals surface area contributed by atoms with Crippen molar-refractivity contribution < 1.29 is 4.74 Å². The summed E-state index contributed by atoms with van der Waals surface area (Å²) in [5, 5.41) is 4.29. The fourth-order valence-corrected chi connectivity index (χ4v) is 2.12. The molecular weight excluding hydrogens is 226 g/mol. The number of ether oxygens (including phenoxy) is 1. The third-order valence-electron chi connectivity index (χ3n) is 3.54. The Morgan fingerprint density at radius 3 is 2.61 bits per heavy atom. The topological polar surface area (TPSA) is 53.1 Å². The minimum absolute atomic E-state index is 0.578. The Kier molecular flexibility index (Phi) is 6.19. The number of rotatable bonds is 8. The molecule has 0 saturated heterocycles. The normalized spacial score (nSPS) is 12.9. The summed E-state index contributed by atoms with van der Waals surface area (Å²) in [6.07, 6.45) is 4.98. The smallest absolute Gasteiger partial charge is 0.127 e. The fourth-order valence-electron chi connectivity index (χ4n) is 2.12. The van der Waals surface area contributed by atoms with Crippen molar-refractivity contribution in [2.24, 2.45) is 13.0 Å². The van der Waals surface area contributed by atoms with Crippen LogP contribution < -0.4 is 5.73 Å². The third-order valence-corrected chi connectivity index (χ3v) is 3.54. The first kappa shape index (κ1) is 15.0. The van der Waals surface area contributed by atoms with E-state index in [0.717, 1.165) is 17.9 Å². The van der Waals surface area contributed by atoms with E-state index in [1.54, 1.807) is 4.68 Å². The highest BCUT2D eigenvalue weighted by atomic mass is 16.5. The van der Waals surface area contributed by atoms with Gasteiger partial charge in [0.2, 0.25) is 0 Å². The van der Waals surface area contributed by atoms with Crippen molar-refractivity contribution >= 4 is 5.82 Å². The molecule has 2 N–H and O–H groups in total. The van der Waals surface area contributed by atoms with Gasteiger partial charge >= 0.3 is 0 Å². The molecular formula is C14H27N3O. The summed E-state index contributed by atoms with van der Waals surface area (Å²) in [5.41, 5.74) is 7.95. The summed E-state index contributed by atoms with van der Waals surface area (Å²) < 4.78 is 7.52. The zero-order valence-electron chi connectivity index (χ0n) is 12.2. The van der Waals surface area contributed by atoms with E-state index in [9.17, 15) is 0 Å². The van der Waals surface area contributed by atoms with Gasteiger partial charge in [-0.15, -0.1) is 0 Å². The van der Waals surface area contributed by atoms with Crippen LogP contribution in [-0.2, 0) is 18.4 Å². The number of nitrogens with zero attached hydrogens (tertiary/aromatic N) is 2. The van der Waals surface area contributed by atoms with E-state index >= 15 is 0 Å². The fraction of sp³-hybridized carbons (Fsp3) is 0.786. The SMILES string of the molecule is CCCCC(CC)COCc1c(C)nn(C)c1N. The highest BCUT2D eigenvalue weighted by Gasteiger charge is 2.11. The lowest BCUT2D eigenvalue weighted by atomic mass is 10.0. The lowest BCUT2D eigenvalue weighted by Crippen LogP contribution is -2.09. The van der Waals surface area contributed by atoms with Gasteiger partial charge in [-0.25, -0.2) is 0 Å². The predicted molar refractivity (Wildman–Crippen MR) is 75.3 cm³/mol. The number of aryl methyl sites for hydroxylation is 2. The molecule has 0 aliphatic carbocycles. The van der Waals surface area contributed by atoms with E-state index in [-0.39, 0.29) is 0 Å². The first-order valence-corrected chi connectivity index (χ1v) is 6.95. The molecule has 0 aliphatic heterocycles. The van der Waals surface area contributed by atoms with Crippen LogP contribution >= 0.6 is 0 Å². The number of nitrogen functional groups attached to an aromatic ring is 1. The molecule has 1 rings (SSSR count). The number of hydrogen-bond donors (Lipinski definition) is 1. The standard InChI is InChI=1S/C14H27N3O/c1-5-7-8-12(6-2)9-18-10-13-11(3)16-17(4)14(13)15/h12H,5-10,15H2,1-4H3. The summed E-state index contributed by atoms with van der Waals surface area (Å²) in [4.78, 5) is 0. The quantitative estimate of drug-likeness (QED) is 0.774. The molecule has 0 aromatic carbocycles. The molecule has 0 bridgehead atoms. The van der Waals surface area contributed by atoms with E-state index in [4.69, 9.17) is 10.5 Å². The molecule has 0 radical (unpaired) electrons. The molecule has 0 amide bonds. The maximum atomic E-state index is 5.95. The summed E-state index contributed by atoms with van der Waals surface area (Å²) in [5.74, 6) is 1.39. The van der Waals surface area contributed by atoms with E-state index in [1.807, 2.05) is 14.0 Å². The summed E-state index contributed by atoms with van der Waals surface area (Å²) in [6.45, 7) is 7.84. The summed E-state index contributed by atoms with van der Waals surface area (Å²) >= 11 is 0. The van der Waals surface area contributed by atoms with Gasteiger partial charge in [0.15, 0.2) is 0 Å². The van der Waals surface area contributed by atoms with Gasteiger partial charge in [-0.1, -0.05) is 33.1 Å². The number of unbranched alkanes of at least 4 members (excludes halogenated alkanes) is 1. The lowest BCUT2D eigenvalue weighted by Gasteiger charge is -2.14. The van der Waals surface area contributed by atoms with Crippen molar-refractivity contribution in [3.63, 3.8) is 0 Å². The van der Waals surface area contributed by atoms with Crippen molar-refractivity contribution in [2.45, 2.75) is 53.1 Å². The summed E-state index contributed by atoms with van der Waals surface area (Å²) in [6, 6.07) is 0. The van der Waals surface area contributed by atoms with Crippen molar-refractivity contribution in [2.75, 3.05) is 12.3 Å². The number of nitrogens with two attached hydrogens (primary N) is 1. The predicted octanol–water partition coefficient (Wildman–Crippen LogP) is 3.04. The first-order valence-electron chi connectivity index (χ1n) is 6.95. The zero-order valence-corrected chi connectivity index (χ0v) is 12.2. The number of anilines is 1. The molecule has 1 atom stereocenters. The molecule has 0 fully saturated rings. The molecule has 0 saturated carbocycles. The first-order chi connectivity index (χ1) is 8.60. The van der Waals surface area contributed by atoms with Crippen molar-refractivity contribution in [1.82, 2.24) is 9.78 Å². The van der Waals surface area contributed by atoms with E-state index < -0.39 is 0 Å². The Labute approximate surface area is 111 Å². The summed E-state index contributed by atoms with van der Waals surface area (Å²) in [7, 11) is 1.86. The van der Waals surface area contributed by atoms with Gasteiger partial charge in [-0.3, -0.25) is 4.68 Å². The Bertz CT molecular complexity index is 360. The maximum Gasteiger partial charge on any atom is 0.127 e. The molecule has 104 valence electrons. The molecule has 1 aromatic rings. The largest absolute Gasteiger partial charge is 0.384 e. The molecule has 1 unspecified atom stereocenters. The Hall–Kier alpha value is -1.03. The number of aromatic nitrogens is 2.